The summed E-state index contributed by atoms with van der Waals surface area (Å²) in [5, 5.41) is 8.81. The van der Waals surface area contributed by atoms with Crippen LogP contribution in [0.4, 0.5) is 16.2 Å². The second-order valence-electron chi connectivity index (χ2n) is 3.43. The molecule has 0 fully saturated rings. The smallest absolute Gasteiger partial charge is 0.261 e. The first-order chi connectivity index (χ1) is 8.63. The van der Waals surface area contributed by atoms with Crippen LogP contribution in [0.2, 0.25) is 0 Å². The zero-order valence-corrected chi connectivity index (χ0v) is 9.81. The van der Waals surface area contributed by atoms with E-state index in [2.05, 4.69) is 25.7 Å². The Labute approximate surface area is 102 Å². The number of aryl methyl sites for hydroxylation is 1. The van der Waals surface area contributed by atoms with E-state index < -0.39 is 11.7 Å². The molecule has 0 saturated carbocycles. The molecule has 0 aliphatic carbocycles. The number of aromatic nitrogens is 4. The summed E-state index contributed by atoms with van der Waals surface area (Å²) in [4.78, 5) is 19.4. The van der Waals surface area contributed by atoms with Gasteiger partial charge in [0.1, 0.15) is 6.33 Å². The third-order valence-electron chi connectivity index (χ3n) is 2.31. The number of nitrogens with one attached hydrogen (secondary N) is 2. The fourth-order valence-electron chi connectivity index (χ4n) is 1.37. The zero-order chi connectivity index (χ0) is 13.1. The first kappa shape index (κ1) is 12.0. The van der Waals surface area contributed by atoms with Gasteiger partial charge in [0.2, 0.25) is 5.95 Å². The lowest BCUT2D eigenvalue weighted by atomic mass is 10.2. The molecule has 0 bridgehead atoms. The van der Waals surface area contributed by atoms with Crippen LogP contribution in [-0.4, -0.2) is 32.7 Å². The lowest BCUT2D eigenvalue weighted by Crippen LogP contribution is -2.17. The lowest BCUT2D eigenvalue weighted by molar-refractivity contribution is 0.102. The molecule has 0 spiro atoms. The van der Waals surface area contributed by atoms with Crippen LogP contribution in [0.1, 0.15) is 10.4 Å². The van der Waals surface area contributed by atoms with Crippen molar-refractivity contribution in [2.75, 3.05) is 17.7 Å². The van der Waals surface area contributed by atoms with Crippen LogP contribution in [0.15, 0.2) is 18.6 Å². The quantitative estimate of drug-likeness (QED) is 0.835. The molecule has 1 amide bonds. The topological polar surface area (TPSA) is 84.7 Å². The van der Waals surface area contributed by atoms with Crippen LogP contribution >= 0.6 is 0 Å². The number of hydrogen-bond acceptors (Lipinski definition) is 5. The van der Waals surface area contributed by atoms with Gasteiger partial charge in [0.25, 0.3) is 5.91 Å². The molecule has 8 heteroatoms. The van der Waals surface area contributed by atoms with Crippen molar-refractivity contribution in [1.82, 2.24) is 19.7 Å². The highest BCUT2D eigenvalue weighted by molar-refractivity contribution is 6.04. The average molecular weight is 250 g/mol. The van der Waals surface area contributed by atoms with Gasteiger partial charge in [-0.3, -0.25) is 10.1 Å². The number of nitrogens with zero attached hydrogens (tertiary/aromatic N) is 4. The summed E-state index contributed by atoms with van der Waals surface area (Å²) in [6.45, 7) is 0. The standard InChI is InChI=1S/C10H11FN6O/c1-12-8-7(11)6(3-4-13-8)9(18)16-10-14-5-15-17(10)2/h3-5H,1-2H3,(H,12,13)(H,14,15,16,18). The molecule has 18 heavy (non-hydrogen) atoms. The third-order valence-corrected chi connectivity index (χ3v) is 2.31. The van der Waals surface area contributed by atoms with Crippen LogP contribution in [0.5, 0.6) is 0 Å². The Morgan fingerprint density at radius 3 is 2.83 bits per heavy atom. The molecule has 2 aromatic rings. The van der Waals surface area contributed by atoms with Crippen molar-refractivity contribution in [2.24, 2.45) is 7.05 Å². The highest BCUT2D eigenvalue weighted by Crippen LogP contribution is 2.15. The number of rotatable bonds is 3. The minimum Gasteiger partial charge on any atom is -0.371 e. The number of halogens is 1. The molecule has 0 atom stereocenters. The van der Waals surface area contributed by atoms with Crippen molar-refractivity contribution in [1.29, 1.82) is 0 Å². The molecule has 0 radical (unpaired) electrons. The Balaban J connectivity index is 2.27. The van der Waals surface area contributed by atoms with E-state index in [0.29, 0.717) is 0 Å². The minimum atomic E-state index is -0.709. The molecule has 94 valence electrons. The van der Waals surface area contributed by atoms with Crippen LogP contribution in [0.25, 0.3) is 0 Å². The maximum absolute atomic E-state index is 13.8. The van der Waals surface area contributed by atoms with Gasteiger partial charge in [0.05, 0.1) is 5.56 Å². The van der Waals surface area contributed by atoms with Gasteiger partial charge in [-0.2, -0.15) is 10.1 Å². The molecular weight excluding hydrogens is 239 g/mol. The molecule has 0 unspecified atom stereocenters. The van der Waals surface area contributed by atoms with E-state index in [0.717, 1.165) is 0 Å². The van der Waals surface area contributed by atoms with Crippen molar-refractivity contribution < 1.29 is 9.18 Å². The Bertz CT molecular complexity index is 581. The first-order valence-electron chi connectivity index (χ1n) is 5.11. The molecule has 7 nitrogen and oxygen atoms in total. The van der Waals surface area contributed by atoms with Gasteiger partial charge in [-0.1, -0.05) is 0 Å². The predicted molar refractivity (Wildman–Crippen MR) is 62.7 cm³/mol. The maximum atomic E-state index is 13.8. The van der Waals surface area contributed by atoms with Crippen molar-refractivity contribution >= 4 is 17.7 Å². The van der Waals surface area contributed by atoms with Crippen LogP contribution < -0.4 is 10.6 Å². The van der Waals surface area contributed by atoms with E-state index in [9.17, 15) is 9.18 Å². The van der Waals surface area contributed by atoms with E-state index in [1.54, 1.807) is 7.05 Å². The molecule has 2 N–H and O–H groups in total. The van der Waals surface area contributed by atoms with Gasteiger partial charge in [0.15, 0.2) is 11.6 Å². The van der Waals surface area contributed by atoms with Gasteiger partial charge in [-0.05, 0) is 6.07 Å². The molecule has 0 aliphatic rings. The van der Waals surface area contributed by atoms with Crippen LogP contribution in [0, 0.1) is 5.82 Å². The maximum Gasteiger partial charge on any atom is 0.261 e. The SMILES string of the molecule is CNc1nccc(C(=O)Nc2ncnn2C)c1F. The van der Waals surface area contributed by atoms with Gasteiger partial charge in [0, 0.05) is 20.3 Å². The van der Waals surface area contributed by atoms with Crippen molar-refractivity contribution in [3.63, 3.8) is 0 Å². The van der Waals surface area contributed by atoms with Gasteiger partial charge in [-0.25, -0.2) is 14.1 Å². The fourth-order valence-corrected chi connectivity index (χ4v) is 1.37. The van der Waals surface area contributed by atoms with E-state index in [4.69, 9.17) is 0 Å². The number of hydrogen-bond donors (Lipinski definition) is 2. The molecule has 0 aliphatic heterocycles. The molecule has 2 aromatic heterocycles. The zero-order valence-electron chi connectivity index (χ0n) is 9.81. The highest BCUT2D eigenvalue weighted by atomic mass is 19.1. The summed E-state index contributed by atoms with van der Waals surface area (Å²) in [5.41, 5.74) is -0.114. The number of carbonyl (C=O) groups excluding carboxylic acids is 1. The summed E-state index contributed by atoms with van der Waals surface area (Å²) in [5.74, 6) is -1.06. The average Bonchev–Trinajstić information content (AvgIpc) is 2.75. The molecule has 0 saturated heterocycles. The van der Waals surface area contributed by atoms with Crippen molar-refractivity contribution in [3.8, 4) is 0 Å². The van der Waals surface area contributed by atoms with Gasteiger partial charge >= 0.3 is 0 Å². The van der Waals surface area contributed by atoms with Crippen LogP contribution in [0.3, 0.4) is 0 Å². The largest absolute Gasteiger partial charge is 0.371 e. The summed E-state index contributed by atoms with van der Waals surface area (Å²) < 4.78 is 15.2. The Hall–Kier alpha value is -2.51. The number of anilines is 2. The number of pyridine rings is 1. The number of carbonyl (C=O) groups is 1. The Morgan fingerprint density at radius 1 is 1.44 bits per heavy atom. The van der Waals surface area contributed by atoms with E-state index in [1.165, 1.54) is 30.3 Å². The summed E-state index contributed by atoms with van der Waals surface area (Å²) >= 11 is 0. The highest BCUT2D eigenvalue weighted by Gasteiger charge is 2.16. The van der Waals surface area contributed by atoms with E-state index in [-0.39, 0.29) is 17.3 Å². The summed E-state index contributed by atoms with van der Waals surface area (Å²) in [6, 6.07) is 1.29. The fraction of sp³-hybridized carbons (Fsp3) is 0.200. The van der Waals surface area contributed by atoms with E-state index >= 15 is 0 Å². The third kappa shape index (κ3) is 2.12. The normalized spacial score (nSPS) is 10.2. The van der Waals surface area contributed by atoms with Crippen LogP contribution in [-0.2, 0) is 7.05 Å². The van der Waals surface area contributed by atoms with Crippen molar-refractivity contribution in [2.45, 2.75) is 0 Å². The first-order valence-corrected chi connectivity index (χ1v) is 5.11. The summed E-state index contributed by atoms with van der Waals surface area (Å²) in [6.07, 6.45) is 2.64. The second-order valence-corrected chi connectivity index (χ2v) is 3.43. The monoisotopic (exact) mass is 250 g/mol. The predicted octanol–water partition coefficient (Wildman–Crippen LogP) is 0.643. The Morgan fingerprint density at radius 2 is 2.22 bits per heavy atom. The second kappa shape index (κ2) is 4.78. The van der Waals surface area contributed by atoms with E-state index in [1.807, 2.05) is 0 Å². The van der Waals surface area contributed by atoms with Crippen molar-refractivity contribution in [3.05, 3.63) is 30.0 Å². The molecule has 2 rings (SSSR count). The summed E-state index contributed by atoms with van der Waals surface area (Å²) in [7, 11) is 3.14. The molecule has 2 heterocycles. The molecular formula is C10H11FN6O. The Kier molecular flexibility index (Phi) is 3.18. The molecule has 0 aromatic carbocycles. The van der Waals surface area contributed by atoms with Gasteiger partial charge in [-0.15, -0.1) is 0 Å². The lowest BCUT2D eigenvalue weighted by Gasteiger charge is -2.07. The number of amides is 1. The minimum absolute atomic E-state index is 0.0145. The van der Waals surface area contributed by atoms with Gasteiger partial charge < -0.3 is 5.32 Å².